The van der Waals surface area contributed by atoms with Crippen LogP contribution in [0.15, 0.2) is 83.9 Å². The van der Waals surface area contributed by atoms with Crippen LogP contribution >= 0.6 is 0 Å². The Morgan fingerprint density at radius 2 is 1.48 bits per heavy atom. The fourth-order valence-corrected chi connectivity index (χ4v) is 2.62. The first-order valence-electron chi connectivity index (χ1n) is 9.31. The molecule has 0 N–H and O–H groups in total. The van der Waals surface area contributed by atoms with E-state index in [0.29, 0.717) is 5.92 Å². The van der Waals surface area contributed by atoms with Gasteiger partial charge in [0, 0.05) is 0 Å². The summed E-state index contributed by atoms with van der Waals surface area (Å²) in [6.45, 7) is 7.08. The number of nitrogens with zero attached hydrogens (tertiary/aromatic N) is 1. The summed E-state index contributed by atoms with van der Waals surface area (Å²) < 4.78 is 5.80. The second kappa shape index (κ2) is 9.02. The molecule has 0 amide bonds. The second-order valence-electron chi connectivity index (χ2n) is 7.03. The zero-order chi connectivity index (χ0) is 19.1. The minimum absolute atomic E-state index is 0.506. The van der Waals surface area contributed by atoms with Crippen LogP contribution in [0.5, 0.6) is 5.75 Å². The lowest BCUT2D eigenvalue weighted by atomic mass is 9.99. The third-order valence-corrected chi connectivity index (χ3v) is 4.12. The van der Waals surface area contributed by atoms with Gasteiger partial charge < -0.3 is 4.74 Å². The zero-order valence-corrected chi connectivity index (χ0v) is 16.1. The Hall–Kier alpha value is -3.09. The Labute approximate surface area is 161 Å². The lowest BCUT2D eigenvalue weighted by Crippen LogP contribution is -2.04. The van der Waals surface area contributed by atoms with Gasteiger partial charge in [0.25, 0.3) is 0 Å². The third kappa shape index (κ3) is 5.44. The van der Waals surface area contributed by atoms with Gasteiger partial charge in [-0.25, -0.2) is 4.99 Å². The molecule has 0 unspecified atom stereocenters. The molecule has 0 radical (unpaired) electrons. The van der Waals surface area contributed by atoms with Gasteiger partial charge in [-0.05, 0) is 66.2 Å². The Morgan fingerprint density at radius 1 is 0.852 bits per heavy atom. The molecular formula is C25H25NO. The highest BCUT2D eigenvalue weighted by molar-refractivity contribution is 5.99. The van der Waals surface area contributed by atoms with Crippen molar-refractivity contribution in [2.75, 3.05) is 6.61 Å². The molecule has 0 fully saturated rings. The number of benzene rings is 3. The van der Waals surface area contributed by atoms with Gasteiger partial charge in [-0.1, -0.05) is 61.9 Å². The maximum absolute atomic E-state index is 5.80. The molecule has 136 valence electrons. The number of aliphatic imine (C=N–C) groups is 1. The van der Waals surface area contributed by atoms with Crippen molar-refractivity contribution in [3.05, 3.63) is 95.6 Å². The van der Waals surface area contributed by atoms with Crippen LogP contribution in [0.25, 0.3) is 5.57 Å². The summed E-state index contributed by atoms with van der Waals surface area (Å²) in [4.78, 5) is 4.56. The molecule has 0 saturated carbocycles. The van der Waals surface area contributed by atoms with Crippen molar-refractivity contribution < 1.29 is 4.74 Å². The molecule has 0 spiro atoms. The highest BCUT2D eigenvalue weighted by Crippen LogP contribution is 2.24. The van der Waals surface area contributed by atoms with Gasteiger partial charge >= 0.3 is 0 Å². The summed E-state index contributed by atoms with van der Waals surface area (Å²) in [5.74, 6) is 4.65. The topological polar surface area (TPSA) is 21.6 Å². The van der Waals surface area contributed by atoms with Crippen LogP contribution < -0.4 is 4.74 Å². The molecule has 3 rings (SSSR count). The molecule has 0 heterocycles. The fourth-order valence-electron chi connectivity index (χ4n) is 2.62. The molecule has 2 nitrogen and oxygen atoms in total. The van der Waals surface area contributed by atoms with Crippen LogP contribution in [-0.2, 0) is 0 Å². The molecule has 0 aromatic heterocycles. The van der Waals surface area contributed by atoms with E-state index < -0.39 is 0 Å². The maximum Gasteiger partial charge on any atom is 0.119 e. The van der Waals surface area contributed by atoms with Crippen molar-refractivity contribution >= 4 is 17.1 Å². The third-order valence-electron chi connectivity index (χ3n) is 4.12. The molecule has 27 heavy (non-hydrogen) atoms. The predicted octanol–water partition coefficient (Wildman–Crippen LogP) is 6.46. The van der Waals surface area contributed by atoms with E-state index in [9.17, 15) is 0 Å². The summed E-state index contributed by atoms with van der Waals surface area (Å²) in [6, 6.07) is 26.5. The molecule has 2 heteroatoms. The second-order valence-corrected chi connectivity index (χ2v) is 7.03. The molecule has 3 aromatic rings. The molecular weight excluding hydrogens is 330 g/mol. The summed E-state index contributed by atoms with van der Waals surface area (Å²) in [5, 5.41) is 0. The zero-order valence-electron chi connectivity index (χ0n) is 16.1. The van der Waals surface area contributed by atoms with Crippen molar-refractivity contribution in [1.29, 1.82) is 0 Å². The van der Waals surface area contributed by atoms with Crippen LogP contribution in [-0.4, -0.2) is 12.5 Å². The van der Waals surface area contributed by atoms with Crippen LogP contribution in [0.1, 0.15) is 30.5 Å². The average molecular weight is 355 g/mol. The molecule has 0 bridgehead atoms. The number of ether oxygens (including phenoxy) is 1. The van der Waals surface area contributed by atoms with Crippen LogP contribution in [0.2, 0.25) is 0 Å². The maximum atomic E-state index is 5.80. The van der Waals surface area contributed by atoms with Gasteiger partial charge in [0.1, 0.15) is 5.75 Å². The van der Waals surface area contributed by atoms with Gasteiger partial charge in [-0.15, -0.1) is 0 Å². The molecule has 3 aromatic carbocycles. The molecule has 0 saturated heterocycles. The number of aryl methyl sites for hydroxylation is 1. The van der Waals surface area contributed by atoms with Crippen molar-refractivity contribution in [1.82, 2.24) is 0 Å². The largest absolute Gasteiger partial charge is 0.493 e. The van der Waals surface area contributed by atoms with Gasteiger partial charge in [0.2, 0.25) is 0 Å². The standard InChI is InChI=1S/C25H25NO/c1-19(2)18-27-24-15-11-22(12-16-24)25(21-7-5-4-6-8-21)17-26-23-13-9-20(3)10-14-23/h4-16,19H,18H2,1-3H3. The van der Waals surface area contributed by atoms with Crippen molar-refractivity contribution in [3.63, 3.8) is 0 Å². The summed E-state index contributed by atoms with van der Waals surface area (Å²) in [7, 11) is 0. The van der Waals surface area contributed by atoms with Crippen LogP contribution in [0, 0.1) is 12.8 Å². The van der Waals surface area contributed by atoms with Gasteiger partial charge in [0.15, 0.2) is 0 Å². The van der Waals surface area contributed by atoms with Crippen molar-refractivity contribution in [2.24, 2.45) is 10.9 Å². The summed E-state index contributed by atoms with van der Waals surface area (Å²) in [5.41, 5.74) is 5.23. The Morgan fingerprint density at radius 3 is 2.11 bits per heavy atom. The van der Waals surface area contributed by atoms with Crippen LogP contribution in [0.3, 0.4) is 0 Å². The Bertz CT molecular complexity index is 916. The van der Waals surface area contributed by atoms with E-state index in [4.69, 9.17) is 4.74 Å². The molecule has 0 aliphatic carbocycles. The fraction of sp³-hybridized carbons (Fsp3) is 0.200. The Kier molecular flexibility index (Phi) is 6.25. The normalized spacial score (nSPS) is 10.4. The Balaban J connectivity index is 1.95. The molecule has 0 aliphatic heterocycles. The highest BCUT2D eigenvalue weighted by Gasteiger charge is 2.06. The number of rotatable bonds is 6. The van der Waals surface area contributed by atoms with Gasteiger partial charge in [0.05, 0.1) is 17.9 Å². The first-order valence-corrected chi connectivity index (χ1v) is 9.31. The molecule has 0 atom stereocenters. The lowest BCUT2D eigenvalue weighted by Gasteiger charge is -2.10. The van der Waals surface area contributed by atoms with E-state index in [1.165, 1.54) is 5.56 Å². The quantitative estimate of drug-likeness (QED) is 0.465. The SMILES string of the molecule is Cc1ccc(N=C=C(c2ccccc2)c2ccc(OCC(C)C)cc2)cc1. The lowest BCUT2D eigenvalue weighted by molar-refractivity contribution is 0.271. The molecule has 0 aliphatic rings. The van der Waals surface area contributed by atoms with E-state index in [0.717, 1.165) is 34.7 Å². The summed E-state index contributed by atoms with van der Waals surface area (Å²) in [6.07, 6.45) is 0. The van der Waals surface area contributed by atoms with Crippen molar-refractivity contribution in [3.8, 4) is 5.75 Å². The highest BCUT2D eigenvalue weighted by atomic mass is 16.5. The smallest absolute Gasteiger partial charge is 0.119 e. The van der Waals surface area contributed by atoms with Gasteiger partial charge in [-0.3, -0.25) is 0 Å². The monoisotopic (exact) mass is 355 g/mol. The van der Waals surface area contributed by atoms with Crippen molar-refractivity contribution in [2.45, 2.75) is 20.8 Å². The minimum atomic E-state index is 0.506. The first-order chi connectivity index (χ1) is 13.1. The van der Waals surface area contributed by atoms with E-state index in [1.54, 1.807) is 0 Å². The minimum Gasteiger partial charge on any atom is -0.493 e. The number of hydrogen-bond donors (Lipinski definition) is 0. The predicted molar refractivity (Wildman–Crippen MR) is 114 cm³/mol. The van der Waals surface area contributed by atoms with E-state index in [-0.39, 0.29) is 0 Å². The summed E-state index contributed by atoms with van der Waals surface area (Å²) >= 11 is 0. The van der Waals surface area contributed by atoms with E-state index in [1.807, 2.05) is 42.5 Å². The number of hydrogen-bond acceptors (Lipinski definition) is 2. The van der Waals surface area contributed by atoms with Crippen LogP contribution in [0.4, 0.5) is 5.69 Å². The van der Waals surface area contributed by atoms with Gasteiger partial charge in [-0.2, -0.15) is 0 Å². The van der Waals surface area contributed by atoms with E-state index in [2.05, 4.69) is 68.0 Å². The van der Waals surface area contributed by atoms with E-state index >= 15 is 0 Å². The average Bonchev–Trinajstić information content (AvgIpc) is 2.69. The first kappa shape index (κ1) is 18.7.